The lowest BCUT2D eigenvalue weighted by atomic mass is 9.78. The molecule has 1 heterocycles. The Morgan fingerprint density at radius 1 is 1.08 bits per heavy atom. The van der Waals surface area contributed by atoms with Crippen molar-refractivity contribution in [3.8, 4) is 0 Å². The average Bonchev–Trinajstić information content (AvgIpc) is 3.13. The summed E-state index contributed by atoms with van der Waals surface area (Å²) in [6.07, 6.45) is 4.25. The number of carbonyl (C=O) groups is 1. The number of benzene rings is 2. The fraction of sp³-hybridized carbons (Fsp3) is 0.211. The van der Waals surface area contributed by atoms with Crippen molar-refractivity contribution in [3.63, 3.8) is 0 Å². The summed E-state index contributed by atoms with van der Waals surface area (Å²) in [4.78, 5) is 17.4. The molecule has 0 fully saturated rings. The van der Waals surface area contributed by atoms with Crippen molar-refractivity contribution in [1.29, 1.82) is 0 Å². The summed E-state index contributed by atoms with van der Waals surface area (Å²) in [6, 6.07) is 17.0. The van der Waals surface area contributed by atoms with Crippen LogP contribution in [-0.2, 0) is 10.3 Å². The van der Waals surface area contributed by atoms with Crippen LogP contribution in [0.2, 0.25) is 5.02 Å². The van der Waals surface area contributed by atoms with E-state index in [-0.39, 0.29) is 5.78 Å². The van der Waals surface area contributed by atoms with Gasteiger partial charge in [-0.05, 0) is 29.7 Å². The van der Waals surface area contributed by atoms with Gasteiger partial charge in [-0.3, -0.25) is 4.79 Å². The van der Waals surface area contributed by atoms with Crippen molar-refractivity contribution >= 4 is 17.4 Å². The summed E-state index contributed by atoms with van der Waals surface area (Å²) >= 11 is 6.05. The highest BCUT2D eigenvalue weighted by Crippen LogP contribution is 2.36. The van der Waals surface area contributed by atoms with Gasteiger partial charge in [0, 0.05) is 11.4 Å². The van der Waals surface area contributed by atoms with E-state index in [0.29, 0.717) is 11.4 Å². The quantitative estimate of drug-likeness (QED) is 0.679. The molecule has 1 aromatic heterocycles. The van der Waals surface area contributed by atoms with E-state index >= 15 is 0 Å². The number of nitrogens with zero attached hydrogens (tertiary/aromatic N) is 3. The lowest BCUT2D eigenvalue weighted by Crippen LogP contribution is -2.44. The van der Waals surface area contributed by atoms with Crippen LogP contribution in [-0.4, -0.2) is 20.5 Å². The summed E-state index contributed by atoms with van der Waals surface area (Å²) < 4.78 is 1.64. The number of aromatic nitrogens is 3. The van der Waals surface area contributed by atoms with Crippen LogP contribution in [0.5, 0.6) is 0 Å². The predicted molar refractivity (Wildman–Crippen MR) is 94.0 cm³/mol. The molecule has 0 aliphatic rings. The maximum Gasteiger partial charge on any atom is 0.172 e. The molecule has 2 aromatic carbocycles. The van der Waals surface area contributed by atoms with Crippen molar-refractivity contribution < 1.29 is 4.79 Å². The van der Waals surface area contributed by atoms with Crippen LogP contribution in [0.15, 0.2) is 67.3 Å². The second kappa shape index (κ2) is 6.97. The van der Waals surface area contributed by atoms with E-state index < -0.39 is 5.54 Å². The third-order valence-electron chi connectivity index (χ3n) is 4.10. The highest BCUT2D eigenvalue weighted by Gasteiger charge is 2.43. The van der Waals surface area contributed by atoms with Gasteiger partial charge in [-0.15, -0.1) is 0 Å². The SMILES string of the molecule is CCCC(=O)C(c1ccccc1)(c1ccc(Cl)cc1)n1cncn1. The van der Waals surface area contributed by atoms with E-state index in [2.05, 4.69) is 10.1 Å². The maximum atomic E-state index is 13.3. The van der Waals surface area contributed by atoms with E-state index in [9.17, 15) is 4.79 Å². The fourth-order valence-electron chi connectivity index (χ4n) is 3.04. The van der Waals surface area contributed by atoms with Crippen LogP contribution in [0.25, 0.3) is 0 Å². The molecule has 24 heavy (non-hydrogen) atoms. The molecular formula is C19H18ClN3O. The number of hydrogen-bond acceptors (Lipinski definition) is 3. The van der Waals surface area contributed by atoms with Crippen molar-refractivity contribution in [2.24, 2.45) is 0 Å². The first-order valence-corrected chi connectivity index (χ1v) is 8.27. The van der Waals surface area contributed by atoms with Crippen LogP contribution in [0.3, 0.4) is 0 Å². The zero-order chi connectivity index (χ0) is 17.0. The van der Waals surface area contributed by atoms with Gasteiger partial charge < -0.3 is 0 Å². The molecule has 0 aliphatic carbocycles. The van der Waals surface area contributed by atoms with Crippen molar-refractivity contribution in [2.75, 3.05) is 0 Å². The molecule has 3 aromatic rings. The highest BCUT2D eigenvalue weighted by molar-refractivity contribution is 6.30. The molecular weight excluding hydrogens is 322 g/mol. The largest absolute Gasteiger partial charge is 0.296 e. The number of Topliss-reactive ketones (excluding diaryl/α,β-unsaturated/α-hetero) is 1. The summed E-state index contributed by atoms with van der Waals surface area (Å²) in [5, 5.41) is 4.95. The number of halogens is 1. The van der Waals surface area contributed by atoms with Crippen molar-refractivity contribution in [1.82, 2.24) is 14.8 Å². The first kappa shape index (κ1) is 16.4. The Labute approximate surface area is 146 Å². The number of carbonyl (C=O) groups excluding carboxylic acids is 1. The van der Waals surface area contributed by atoms with Crippen LogP contribution < -0.4 is 0 Å². The molecule has 4 nitrogen and oxygen atoms in total. The molecule has 0 amide bonds. The molecule has 5 heteroatoms. The highest BCUT2D eigenvalue weighted by atomic mass is 35.5. The van der Waals surface area contributed by atoms with Gasteiger partial charge in [0.05, 0.1) is 0 Å². The van der Waals surface area contributed by atoms with Crippen LogP contribution in [0.4, 0.5) is 0 Å². The van der Waals surface area contributed by atoms with E-state index in [1.807, 2.05) is 49.4 Å². The molecule has 122 valence electrons. The third-order valence-corrected chi connectivity index (χ3v) is 4.35. The molecule has 1 atom stereocenters. The van der Waals surface area contributed by atoms with Gasteiger partial charge in [-0.1, -0.05) is 61.0 Å². The summed E-state index contributed by atoms with van der Waals surface area (Å²) in [5.41, 5.74) is 0.636. The number of hydrogen-bond donors (Lipinski definition) is 0. The molecule has 0 aliphatic heterocycles. The molecule has 0 bridgehead atoms. The van der Waals surface area contributed by atoms with Gasteiger partial charge in [0.15, 0.2) is 11.3 Å². The Hall–Kier alpha value is -2.46. The van der Waals surface area contributed by atoms with Crippen molar-refractivity contribution in [3.05, 3.63) is 83.4 Å². The molecule has 0 saturated heterocycles. The minimum atomic E-state index is -1.04. The number of rotatable bonds is 6. The zero-order valence-electron chi connectivity index (χ0n) is 13.4. The molecule has 3 rings (SSSR count). The molecule has 0 radical (unpaired) electrons. The smallest absolute Gasteiger partial charge is 0.172 e. The van der Waals surface area contributed by atoms with Gasteiger partial charge in [0.25, 0.3) is 0 Å². The predicted octanol–water partition coefficient (Wildman–Crippen LogP) is 4.09. The standard InChI is InChI=1S/C19H18ClN3O/c1-2-6-18(24)19(23-14-21-13-22-23,15-7-4-3-5-8-15)16-9-11-17(20)12-10-16/h3-5,7-14H,2,6H2,1H3. The lowest BCUT2D eigenvalue weighted by molar-refractivity contribution is -0.124. The van der Waals surface area contributed by atoms with Crippen LogP contribution in [0, 0.1) is 0 Å². The molecule has 0 spiro atoms. The summed E-state index contributed by atoms with van der Waals surface area (Å²) in [5.74, 6) is 0.0732. The van der Waals surface area contributed by atoms with E-state index in [4.69, 9.17) is 11.6 Å². The number of ketones is 1. The molecule has 0 saturated carbocycles. The van der Waals surface area contributed by atoms with Gasteiger partial charge in [0.2, 0.25) is 0 Å². The fourth-order valence-corrected chi connectivity index (χ4v) is 3.17. The minimum absolute atomic E-state index is 0.0732. The molecule has 0 N–H and O–H groups in total. The topological polar surface area (TPSA) is 47.8 Å². The molecule has 1 unspecified atom stereocenters. The van der Waals surface area contributed by atoms with E-state index in [1.165, 1.54) is 6.33 Å². The van der Waals surface area contributed by atoms with Crippen LogP contribution >= 0.6 is 11.6 Å². The van der Waals surface area contributed by atoms with Gasteiger partial charge in [-0.25, -0.2) is 9.67 Å². The second-order valence-electron chi connectivity index (χ2n) is 5.60. The second-order valence-corrected chi connectivity index (χ2v) is 6.03. The first-order chi connectivity index (χ1) is 11.7. The monoisotopic (exact) mass is 339 g/mol. The van der Waals surface area contributed by atoms with Gasteiger partial charge >= 0.3 is 0 Å². The normalized spacial score (nSPS) is 13.4. The average molecular weight is 340 g/mol. The van der Waals surface area contributed by atoms with E-state index in [0.717, 1.165) is 17.5 Å². The first-order valence-electron chi connectivity index (χ1n) is 7.89. The summed E-state index contributed by atoms with van der Waals surface area (Å²) in [7, 11) is 0. The van der Waals surface area contributed by atoms with Crippen LogP contribution in [0.1, 0.15) is 30.9 Å². The Morgan fingerprint density at radius 2 is 1.75 bits per heavy atom. The Morgan fingerprint density at radius 3 is 2.33 bits per heavy atom. The Bertz CT molecular complexity index is 800. The Balaban J connectivity index is 2.32. The Kier molecular flexibility index (Phi) is 4.76. The lowest BCUT2D eigenvalue weighted by Gasteiger charge is -2.33. The van der Waals surface area contributed by atoms with Crippen molar-refractivity contribution in [2.45, 2.75) is 25.3 Å². The van der Waals surface area contributed by atoms with Gasteiger partial charge in [0.1, 0.15) is 12.7 Å². The summed E-state index contributed by atoms with van der Waals surface area (Å²) in [6.45, 7) is 2.00. The maximum absolute atomic E-state index is 13.3. The van der Waals surface area contributed by atoms with Gasteiger partial charge in [-0.2, -0.15) is 5.10 Å². The third kappa shape index (κ3) is 2.74. The zero-order valence-corrected chi connectivity index (χ0v) is 14.1. The minimum Gasteiger partial charge on any atom is -0.296 e. The van der Waals surface area contributed by atoms with E-state index in [1.54, 1.807) is 23.1 Å².